The van der Waals surface area contributed by atoms with E-state index in [0.717, 1.165) is 11.1 Å². The van der Waals surface area contributed by atoms with Crippen LogP contribution in [0.2, 0.25) is 0 Å². The molecule has 0 amide bonds. The lowest BCUT2D eigenvalue weighted by molar-refractivity contribution is 0.0390. The molecule has 0 spiro atoms. The van der Waals surface area contributed by atoms with Gasteiger partial charge in [0, 0.05) is 0 Å². The van der Waals surface area contributed by atoms with Gasteiger partial charge in [-0.3, -0.25) is 4.90 Å². The minimum absolute atomic E-state index is 0.494. The van der Waals surface area contributed by atoms with Crippen LogP contribution in [-0.4, -0.2) is 24.1 Å². The monoisotopic (exact) mass is 165 g/mol. The third-order valence-electron chi connectivity index (χ3n) is 1.96. The molecule has 0 fully saturated rings. The summed E-state index contributed by atoms with van der Waals surface area (Å²) in [4.78, 5) is 1.78. The van der Waals surface area contributed by atoms with E-state index in [9.17, 15) is 5.11 Å². The van der Waals surface area contributed by atoms with Crippen LogP contribution in [0.4, 0.5) is 0 Å². The van der Waals surface area contributed by atoms with Gasteiger partial charge in [0.1, 0.15) is 6.23 Å². The van der Waals surface area contributed by atoms with Crippen LogP contribution in [-0.2, 0) is 0 Å². The van der Waals surface area contributed by atoms with Gasteiger partial charge in [0.05, 0.1) is 0 Å². The highest BCUT2D eigenvalue weighted by atomic mass is 16.3. The van der Waals surface area contributed by atoms with Crippen molar-refractivity contribution in [3.63, 3.8) is 0 Å². The lowest BCUT2D eigenvalue weighted by atomic mass is 10.1. The summed E-state index contributed by atoms with van der Waals surface area (Å²) in [6, 6.07) is 7.86. The maximum atomic E-state index is 9.70. The Balaban J connectivity index is 2.94. The molecule has 0 heterocycles. The van der Waals surface area contributed by atoms with Crippen molar-refractivity contribution in [2.45, 2.75) is 13.2 Å². The highest BCUT2D eigenvalue weighted by Crippen LogP contribution is 2.18. The smallest absolute Gasteiger partial charge is 0.133 e. The number of hydrogen-bond donors (Lipinski definition) is 1. The molecule has 1 unspecified atom stereocenters. The van der Waals surface area contributed by atoms with Crippen LogP contribution >= 0.6 is 0 Å². The van der Waals surface area contributed by atoms with Gasteiger partial charge in [-0.2, -0.15) is 0 Å². The van der Waals surface area contributed by atoms with Crippen LogP contribution in [0.5, 0.6) is 0 Å². The Hall–Kier alpha value is -0.860. The highest BCUT2D eigenvalue weighted by molar-refractivity contribution is 5.27. The van der Waals surface area contributed by atoms with Gasteiger partial charge < -0.3 is 5.11 Å². The normalized spacial score (nSPS) is 13.4. The molecule has 1 rings (SSSR count). The van der Waals surface area contributed by atoms with Crippen LogP contribution < -0.4 is 0 Å². The van der Waals surface area contributed by atoms with Crippen molar-refractivity contribution in [2.24, 2.45) is 0 Å². The first-order valence-corrected chi connectivity index (χ1v) is 4.03. The standard InChI is InChI=1S/C10H15NO/c1-8-6-4-5-7-9(8)10(12)11(2)3/h4-7,10,12H,1-3H3. The average Bonchev–Trinajstić information content (AvgIpc) is 2.04. The van der Waals surface area contributed by atoms with Crippen molar-refractivity contribution >= 4 is 0 Å². The number of hydrogen-bond acceptors (Lipinski definition) is 2. The van der Waals surface area contributed by atoms with Gasteiger partial charge in [-0.15, -0.1) is 0 Å². The summed E-state index contributed by atoms with van der Waals surface area (Å²) in [6.45, 7) is 2.00. The first kappa shape index (κ1) is 9.23. The maximum absolute atomic E-state index is 9.70. The molecular formula is C10H15NO. The zero-order chi connectivity index (χ0) is 9.14. The van der Waals surface area contributed by atoms with E-state index >= 15 is 0 Å². The summed E-state index contributed by atoms with van der Waals surface area (Å²) in [5.41, 5.74) is 2.10. The van der Waals surface area contributed by atoms with Crippen molar-refractivity contribution in [1.82, 2.24) is 4.90 Å². The fourth-order valence-electron chi connectivity index (χ4n) is 1.15. The van der Waals surface area contributed by atoms with Crippen molar-refractivity contribution in [3.05, 3.63) is 35.4 Å². The minimum Gasteiger partial charge on any atom is -0.374 e. The molecule has 12 heavy (non-hydrogen) atoms. The zero-order valence-electron chi connectivity index (χ0n) is 7.78. The van der Waals surface area contributed by atoms with Crippen LogP contribution in [0.25, 0.3) is 0 Å². The predicted octanol–water partition coefficient (Wildman–Crippen LogP) is 1.55. The molecule has 0 saturated heterocycles. The van der Waals surface area contributed by atoms with E-state index in [2.05, 4.69) is 0 Å². The fourth-order valence-corrected chi connectivity index (χ4v) is 1.15. The van der Waals surface area contributed by atoms with E-state index in [0.29, 0.717) is 0 Å². The molecule has 0 aromatic heterocycles. The van der Waals surface area contributed by atoms with E-state index in [1.165, 1.54) is 0 Å². The van der Waals surface area contributed by atoms with Gasteiger partial charge in [-0.05, 0) is 32.1 Å². The largest absolute Gasteiger partial charge is 0.374 e. The van der Waals surface area contributed by atoms with Gasteiger partial charge in [0.2, 0.25) is 0 Å². The van der Waals surface area contributed by atoms with E-state index in [4.69, 9.17) is 0 Å². The SMILES string of the molecule is Cc1ccccc1C(O)N(C)C. The predicted molar refractivity (Wildman–Crippen MR) is 49.8 cm³/mol. The molecule has 2 nitrogen and oxygen atoms in total. The molecule has 0 aliphatic carbocycles. The quantitative estimate of drug-likeness (QED) is 0.672. The second-order valence-electron chi connectivity index (χ2n) is 3.19. The summed E-state index contributed by atoms with van der Waals surface area (Å²) in [5.74, 6) is 0. The maximum Gasteiger partial charge on any atom is 0.133 e. The summed E-state index contributed by atoms with van der Waals surface area (Å²) in [6.07, 6.45) is -0.494. The van der Waals surface area contributed by atoms with Crippen molar-refractivity contribution in [2.75, 3.05) is 14.1 Å². The van der Waals surface area contributed by atoms with Crippen LogP contribution in [0.3, 0.4) is 0 Å². The molecule has 0 radical (unpaired) electrons. The lowest BCUT2D eigenvalue weighted by Crippen LogP contribution is -2.19. The highest BCUT2D eigenvalue weighted by Gasteiger charge is 2.10. The van der Waals surface area contributed by atoms with E-state index in [-0.39, 0.29) is 0 Å². The third-order valence-corrected chi connectivity index (χ3v) is 1.96. The van der Waals surface area contributed by atoms with Gasteiger partial charge in [0.15, 0.2) is 0 Å². The number of nitrogens with zero attached hydrogens (tertiary/aromatic N) is 1. The fraction of sp³-hybridized carbons (Fsp3) is 0.400. The van der Waals surface area contributed by atoms with Gasteiger partial charge in [-0.25, -0.2) is 0 Å². The van der Waals surface area contributed by atoms with Crippen LogP contribution in [0.15, 0.2) is 24.3 Å². The van der Waals surface area contributed by atoms with Gasteiger partial charge in [-0.1, -0.05) is 24.3 Å². The molecule has 66 valence electrons. The molecule has 1 aromatic rings. The van der Waals surface area contributed by atoms with E-state index in [1.54, 1.807) is 4.90 Å². The van der Waals surface area contributed by atoms with Crippen LogP contribution in [0.1, 0.15) is 17.4 Å². The van der Waals surface area contributed by atoms with Gasteiger partial charge in [0.25, 0.3) is 0 Å². The number of aliphatic hydroxyl groups excluding tert-OH is 1. The van der Waals surface area contributed by atoms with E-state index in [1.807, 2.05) is 45.3 Å². The van der Waals surface area contributed by atoms with Crippen molar-refractivity contribution < 1.29 is 5.11 Å². The summed E-state index contributed by atoms with van der Waals surface area (Å²) in [7, 11) is 3.72. The molecule has 1 N–H and O–H groups in total. The zero-order valence-corrected chi connectivity index (χ0v) is 7.78. The Labute approximate surface area is 73.4 Å². The molecule has 2 heteroatoms. The molecule has 0 aliphatic heterocycles. The summed E-state index contributed by atoms with van der Waals surface area (Å²) >= 11 is 0. The Morgan fingerprint density at radius 2 is 1.83 bits per heavy atom. The molecule has 1 atom stereocenters. The Morgan fingerprint density at radius 1 is 1.25 bits per heavy atom. The lowest BCUT2D eigenvalue weighted by Gasteiger charge is -2.20. The average molecular weight is 165 g/mol. The molecule has 1 aromatic carbocycles. The van der Waals surface area contributed by atoms with Crippen LogP contribution in [0, 0.1) is 6.92 Å². The first-order valence-electron chi connectivity index (χ1n) is 4.03. The minimum atomic E-state index is -0.494. The Bertz CT molecular complexity index is 258. The number of aryl methyl sites for hydroxylation is 1. The summed E-state index contributed by atoms with van der Waals surface area (Å²) in [5, 5.41) is 9.70. The molecule has 0 bridgehead atoms. The van der Waals surface area contributed by atoms with Crippen molar-refractivity contribution in [3.8, 4) is 0 Å². The second-order valence-corrected chi connectivity index (χ2v) is 3.19. The molecule has 0 aliphatic rings. The van der Waals surface area contributed by atoms with E-state index < -0.39 is 6.23 Å². The summed E-state index contributed by atoms with van der Waals surface area (Å²) < 4.78 is 0. The topological polar surface area (TPSA) is 23.5 Å². The molecular weight excluding hydrogens is 150 g/mol. The number of aliphatic hydroxyl groups is 1. The number of benzene rings is 1. The first-order chi connectivity index (χ1) is 5.63. The number of rotatable bonds is 2. The third kappa shape index (κ3) is 1.84. The second kappa shape index (κ2) is 3.70. The van der Waals surface area contributed by atoms with Gasteiger partial charge >= 0.3 is 0 Å². The molecule has 0 saturated carbocycles. The Morgan fingerprint density at radius 3 is 2.33 bits per heavy atom. The van der Waals surface area contributed by atoms with Crippen molar-refractivity contribution in [1.29, 1.82) is 0 Å². The Kier molecular flexibility index (Phi) is 2.84.